The van der Waals surface area contributed by atoms with Gasteiger partial charge in [-0.25, -0.2) is 38.4 Å². The topological polar surface area (TPSA) is 744 Å². The molecule has 0 aromatic heterocycles. The molecule has 0 saturated carbocycles. The average Bonchev–Trinajstić information content (AvgIpc) is 1.02. The standard InChI is InChI=1S/C68H48O44/c69-20-1-12(2-21(70)37(20)77)59(92)109-55-53-29(10-102-60(93)13-3-22(71)38(78)45(85)31(13)33-15(62(95)107-53)5-24(73)40(80)47(33)87)105-67(100)57(55)112-66(99)19-8-27(76)43(83)51(91)52(19)104-28-9-18-36(50(90)44(28)84)35-17(7-26(75)42(82)49(35)89)64(97)110-56-54-30(106-68(101)58(56)111-65(18)98)11-103-61(94)14-4-23(72)39(79)46(86)32(14)34-16(63(96)108-54)6-25(74)41(81)48(34)88/h1-9,29-30,53-58,67-91,100-101H,10-11H2. The van der Waals surface area contributed by atoms with E-state index in [1.54, 1.807) is 0 Å². The number of aliphatic hydroxyl groups excluding tert-OH is 2. The Hall–Kier alpha value is -15.4. The molecule has 584 valence electrons. The zero-order valence-electron chi connectivity index (χ0n) is 54.8. The summed E-state index contributed by atoms with van der Waals surface area (Å²) in [6.07, 6.45) is -26.3. The number of benzene rings is 8. The first-order valence-corrected chi connectivity index (χ1v) is 31.2. The highest BCUT2D eigenvalue weighted by molar-refractivity contribution is 6.12. The number of ether oxygens (including phenoxy) is 11. The van der Waals surface area contributed by atoms with Crippen LogP contribution in [0.2, 0.25) is 0 Å². The molecular weight excluding hydrogens is 1520 g/mol. The number of carbonyl (C=O) groups excluding carboxylic acids is 8. The summed E-state index contributed by atoms with van der Waals surface area (Å²) in [5, 5.41) is 275. The maximum atomic E-state index is 15.1. The Kier molecular flexibility index (Phi) is 18.1. The summed E-state index contributed by atoms with van der Waals surface area (Å²) >= 11 is 0. The first kappa shape index (κ1) is 74.8. The minimum atomic E-state index is -2.89. The first-order valence-electron chi connectivity index (χ1n) is 31.2. The molecule has 10 atom stereocenters. The van der Waals surface area contributed by atoms with Crippen molar-refractivity contribution in [2.45, 2.75) is 61.4 Å². The predicted molar refractivity (Wildman–Crippen MR) is 344 cm³/mol. The summed E-state index contributed by atoms with van der Waals surface area (Å²) < 4.78 is 61.2. The maximum absolute atomic E-state index is 15.1. The van der Waals surface area contributed by atoms with Gasteiger partial charge in [0.2, 0.25) is 46.0 Å². The van der Waals surface area contributed by atoms with E-state index in [-0.39, 0.29) is 18.2 Å². The molecular formula is C68H48O44. The zero-order chi connectivity index (χ0) is 81.5. The van der Waals surface area contributed by atoms with Crippen LogP contribution in [0.25, 0.3) is 33.4 Å². The Bertz CT molecular complexity index is 5480. The summed E-state index contributed by atoms with van der Waals surface area (Å²) in [5.74, 6) is -52.7. The lowest BCUT2D eigenvalue weighted by Crippen LogP contribution is -2.62. The smallest absolute Gasteiger partial charge is 0.342 e. The van der Waals surface area contributed by atoms with Gasteiger partial charge in [-0.2, -0.15) is 0 Å². The van der Waals surface area contributed by atoms with Gasteiger partial charge >= 0.3 is 47.8 Å². The van der Waals surface area contributed by atoms with Crippen molar-refractivity contribution in [3.63, 3.8) is 0 Å². The number of cyclic esters (lactones) is 2. The minimum Gasteiger partial charge on any atom is -0.504 e. The highest BCUT2D eigenvalue weighted by Gasteiger charge is 2.57. The van der Waals surface area contributed by atoms with E-state index in [2.05, 4.69) is 0 Å². The van der Waals surface area contributed by atoms with Gasteiger partial charge < -0.3 is 180 Å². The molecule has 2 fully saturated rings. The van der Waals surface area contributed by atoms with Crippen LogP contribution in [-0.2, 0) is 47.4 Å². The number of aromatic hydroxyl groups is 23. The van der Waals surface area contributed by atoms with Crippen LogP contribution in [0.15, 0.2) is 54.6 Å². The fourth-order valence-electron chi connectivity index (χ4n) is 12.6. The lowest BCUT2D eigenvalue weighted by Gasteiger charge is -2.43. The van der Waals surface area contributed by atoms with E-state index < -0.39 is 344 Å². The molecule has 0 bridgehead atoms. The van der Waals surface area contributed by atoms with E-state index in [1.807, 2.05) is 0 Å². The molecule has 25 N–H and O–H groups in total. The predicted octanol–water partition coefficient (Wildman–Crippen LogP) is 1.75. The van der Waals surface area contributed by atoms with Gasteiger partial charge in [0.1, 0.15) is 31.0 Å². The molecule has 13 rings (SSSR count). The lowest BCUT2D eigenvalue weighted by molar-refractivity contribution is -0.284. The van der Waals surface area contributed by atoms with Crippen molar-refractivity contribution >= 4 is 47.8 Å². The normalized spacial score (nSPS) is 21.3. The van der Waals surface area contributed by atoms with Gasteiger partial charge in [0.15, 0.2) is 147 Å². The van der Waals surface area contributed by atoms with Crippen LogP contribution in [-0.4, -0.2) is 250 Å². The zero-order valence-corrected chi connectivity index (χ0v) is 54.8. The van der Waals surface area contributed by atoms with Crippen LogP contribution >= 0.6 is 0 Å². The first-order chi connectivity index (χ1) is 52.7. The highest BCUT2D eigenvalue weighted by Crippen LogP contribution is 2.59. The van der Waals surface area contributed by atoms with Crippen molar-refractivity contribution in [2.75, 3.05) is 13.2 Å². The highest BCUT2D eigenvalue weighted by atomic mass is 16.7. The van der Waals surface area contributed by atoms with Crippen molar-refractivity contribution < 1.29 is 218 Å². The van der Waals surface area contributed by atoms with Gasteiger partial charge in [0.25, 0.3) is 0 Å². The molecule has 0 aliphatic carbocycles. The molecule has 112 heavy (non-hydrogen) atoms. The van der Waals surface area contributed by atoms with Crippen molar-refractivity contribution in [3.8, 4) is 177 Å². The molecule has 2 saturated heterocycles. The van der Waals surface area contributed by atoms with Crippen molar-refractivity contribution in [1.82, 2.24) is 0 Å². The Balaban J connectivity index is 0.906. The van der Waals surface area contributed by atoms with Gasteiger partial charge in [-0.15, -0.1) is 0 Å². The fourth-order valence-corrected chi connectivity index (χ4v) is 12.6. The van der Waals surface area contributed by atoms with Crippen LogP contribution in [0.1, 0.15) is 82.9 Å². The molecule has 8 aromatic rings. The third-order valence-electron chi connectivity index (χ3n) is 18.0. The van der Waals surface area contributed by atoms with Crippen LogP contribution in [0.4, 0.5) is 0 Å². The molecule has 0 amide bonds. The van der Waals surface area contributed by atoms with E-state index in [4.69, 9.17) is 52.1 Å². The number of aliphatic hydroxyl groups is 2. The quantitative estimate of drug-likeness (QED) is 0.0640. The van der Waals surface area contributed by atoms with Crippen molar-refractivity contribution in [3.05, 3.63) is 99.1 Å². The number of carbonyl (C=O) groups is 8. The summed E-state index contributed by atoms with van der Waals surface area (Å²) in [6, 6.07) is 2.98. The van der Waals surface area contributed by atoms with Gasteiger partial charge in [-0.1, -0.05) is 0 Å². The number of esters is 8. The molecule has 0 spiro atoms. The van der Waals surface area contributed by atoms with Crippen LogP contribution < -0.4 is 4.74 Å². The molecule has 5 heterocycles. The van der Waals surface area contributed by atoms with E-state index in [1.165, 1.54) is 0 Å². The van der Waals surface area contributed by atoms with Gasteiger partial charge in [-0.3, -0.25) is 0 Å². The third kappa shape index (κ3) is 12.0. The molecule has 10 unspecified atom stereocenters. The van der Waals surface area contributed by atoms with Gasteiger partial charge in [0.05, 0.1) is 38.9 Å². The second kappa shape index (κ2) is 27.1. The van der Waals surface area contributed by atoms with Gasteiger partial charge in [0, 0.05) is 45.5 Å². The number of phenolic OH excluding ortho intramolecular Hbond substituents is 23. The number of hydrogen-bond acceptors (Lipinski definition) is 44. The monoisotopic (exact) mass is 1570 g/mol. The minimum absolute atomic E-state index is 0.148. The molecule has 0 radical (unpaired) electrons. The fraction of sp³-hybridized carbons (Fsp3) is 0.176. The number of hydrogen-bond donors (Lipinski definition) is 25. The molecule has 44 nitrogen and oxygen atoms in total. The van der Waals surface area contributed by atoms with Gasteiger partial charge in [-0.05, 0) is 42.5 Å². The van der Waals surface area contributed by atoms with E-state index in [0.717, 1.165) is 0 Å². The van der Waals surface area contributed by atoms with E-state index >= 15 is 4.79 Å². The Labute approximate surface area is 614 Å². The number of phenols is 23. The molecule has 5 aliphatic heterocycles. The molecule has 44 heteroatoms. The second-order valence-corrected chi connectivity index (χ2v) is 24.6. The summed E-state index contributed by atoms with van der Waals surface area (Å²) in [5.41, 5.74) is -17.1. The van der Waals surface area contributed by atoms with E-state index in [0.29, 0.717) is 36.4 Å². The van der Waals surface area contributed by atoms with Crippen LogP contribution in [0.5, 0.6) is 144 Å². The maximum Gasteiger partial charge on any atom is 0.342 e. The van der Waals surface area contributed by atoms with Crippen LogP contribution in [0, 0.1) is 0 Å². The Morgan fingerprint density at radius 2 is 0.616 bits per heavy atom. The van der Waals surface area contributed by atoms with Crippen LogP contribution in [0.3, 0.4) is 0 Å². The van der Waals surface area contributed by atoms with E-state index in [9.17, 15) is 161 Å². The number of rotatable bonds is 6. The SMILES string of the molecule is O=C(OC1C(OC(=O)c2cc(O)c(O)c(O)c2Oc2cc3c(c(O)c2O)-c2c(cc(O)c(O)c2O)C(=O)OC2C(OC3=O)C(O)OC3COC(=O)c4cc(O)c(O)c(O)c4-c4c(cc(O)c(O)c4O)C(=O)OC32)C(O)OC2COC(=O)c3cc(O)c(O)c(O)c3-c3c(cc(O)c(O)c3O)C(=O)OC21)c1cc(O)c(O)c(O)c1. The molecule has 5 aliphatic rings. The third-order valence-corrected chi connectivity index (χ3v) is 18.0. The second-order valence-electron chi connectivity index (χ2n) is 24.6. The molecule has 8 aromatic carbocycles. The summed E-state index contributed by atoms with van der Waals surface area (Å²) in [6.45, 7) is -2.69. The van der Waals surface area contributed by atoms with Crippen molar-refractivity contribution in [1.29, 1.82) is 0 Å². The Morgan fingerprint density at radius 3 is 1.04 bits per heavy atom. The summed E-state index contributed by atoms with van der Waals surface area (Å²) in [7, 11) is 0. The average molecular weight is 1570 g/mol. The largest absolute Gasteiger partial charge is 0.504 e. The lowest BCUT2D eigenvalue weighted by atomic mass is 9.91. The van der Waals surface area contributed by atoms with Crippen molar-refractivity contribution in [2.24, 2.45) is 0 Å². The summed E-state index contributed by atoms with van der Waals surface area (Å²) in [4.78, 5) is 117. The Morgan fingerprint density at radius 1 is 0.304 bits per heavy atom. The number of fused-ring (bicyclic) bond motifs is 13.